The van der Waals surface area contributed by atoms with Crippen molar-refractivity contribution in [3.8, 4) is 0 Å². The molecule has 1 fully saturated rings. The number of carbonyl (C=O) groups excluding carboxylic acids is 1. The molecule has 0 radical (unpaired) electrons. The Balaban J connectivity index is 1.65. The number of benzene rings is 3. The van der Waals surface area contributed by atoms with Crippen molar-refractivity contribution in [2.24, 2.45) is 0 Å². The normalized spacial score (nSPS) is 20.8. The number of carbonyl (C=O) groups is 1. The minimum Gasteiger partial charge on any atom is -0.441 e. The van der Waals surface area contributed by atoms with Gasteiger partial charge in [-0.15, -0.1) is 0 Å². The van der Waals surface area contributed by atoms with Crippen LogP contribution in [-0.2, 0) is 4.74 Å². The molecule has 1 amide bonds. The molecule has 3 aromatic rings. The summed E-state index contributed by atoms with van der Waals surface area (Å²) in [6, 6.07) is 24.5. The predicted octanol–water partition coefficient (Wildman–Crippen LogP) is 4.75. The Morgan fingerprint density at radius 3 is 2.39 bits per heavy atom. The summed E-state index contributed by atoms with van der Waals surface area (Å²) in [6.07, 6.45) is 0.149. The molecule has 114 valence electrons. The van der Waals surface area contributed by atoms with Gasteiger partial charge in [0, 0.05) is 6.42 Å². The molecule has 3 heteroatoms. The van der Waals surface area contributed by atoms with E-state index in [4.69, 9.17) is 4.74 Å². The summed E-state index contributed by atoms with van der Waals surface area (Å²) in [7, 11) is 0. The van der Waals surface area contributed by atoms with Gasteiger partial charge in [-0.25, -0.2) is 4.79 Å². The summed E-state index contributed by atoms with van der Waals surface area (Å²) in [5.74, 6) is 0. The molecule has 1 aliphatic rings. The van der Waals surface area contributed by atoms with Crippen LogP contribution in [0, 0.1) is 0 Å². The van der Waals surface area contributed by atoms with Crippen molar-refractivity contribution in [1.82, 2.24) is 5.32 Å². The Hall–Kier alpha value is -2.81. The number of hydrogen-bond acceptors (Lipinski definition) is 2. The van der Waals surface area contributed by atoms with Crippen molar-refractivity contribution in [1.29, 1.82) is 0 Å². The first-order valence-electron chi connectivity index (χ1n) is 7.80. The van der Waals surface area contributed by atoms with Crippen LogP contribution in [-0.4, -0.2) is 6.09 Å². The summed E-state index contributed by atoms with van der Waals surface area (Å²) in [5.41, 5.74) is 2.15. The number of hydrogen-bond donors (Lipinski definition) is 1. The highest BCUT2D eigenvalue weighted by molar-refractivity contribution is 5.83. The molecule has 1 N–H and O–H groups in total. The van der Waals surface area contributed by atoms with Crippen LogP contribution >= 0.6 is 0 Å². The Kier molecular flexibility index (Phi) is 3.46. The fourth-order valence-electron chi connectivity index (χ4n) is 3.14. The summed E-state index contributed by atoms with van der Waals surface area (Å²) < 4.78 is 5.52. The van der Waals surface area contributed by atoms with Gasteiger partial charge in [0.25, 0.3) is 0 Å². The van der Waals surface area contributed by atoms with E-state index in [1.165, 1.54) is 5.39 Å². The maximum atomic E-state index is 12.0. The van der Waals surface area contributed by atoms with Gasteiger partial charge < -0.3 is 10.1 Å². The van der Waals surface area contributed by atoms with Gasteiger partial charge in [-0.1, -0.05) is 66.7 Å². The zero-order valence-electron chi connectivity index (χ0n) is 12.6. The van der Waals surface area contributed by atoms with Gasteiger partial charge in [-0.3, -0.25) is 0 Å². The molecule has 1 saturated heterocycles. The monoisotopic (exact) mass is 303 g/mol. The standard InChI is InChI=1S/C20H17NO2/c22-20-21-18(15-7-2-1-3-8-15)13-19(23-20)17-11-10-14-6-4-5-9-16(14)12-17/h1-12,18-19H,13H2,(H,21,22). The number of nitrogens with one attached hydrogen (secondary N) is 1. The third-order valence-electron chi connectivity index (χ3n) is 4.34. The van der Waals surface area contributed by atoms with Gasteiger partial charge in [0.05, 0.1) is 6.04 Å². The van der Waals surface area contributed by atoms with Crippen molar-refractivity contribution in [3.63, 3.8) is 0 Å². The van der Waals surface area contributed by atoms with Gasteiger partial charge >= 0.3 is 6.09 Å². The first-order chi connectivity index (χ1) is 11.3. The second-order valence-electron chi connectivity index (χ2n) is 5.84. The molecule has 1 aliphatic heterocycles. The maximum Gasteiger partial charge on any atom is 0.408 e. The van der Waals surface area contributed by atoms with Crippen LogP contribution in [0.25, 0.3) is 10.8 Å². The molecule has 0 aliphatic carbocycles. The van der Waals surface area contributed by atoms with Gasteiger partial charge in [0.15, 0.2) is 0 Å². The number of ether oxygens (including phenoxy) is 1. The second kappa shape index (κ2) is 5.76. The van der Waals surface area contributed by atoms with Gasteiger partial charge in [-0.05, 0) is 28.0 Å². The zero-order valence-corrected chi connectivity index (χ0v) is 12.6. The highest BCUT2D eigenvalue weighted by Gasteiger charge is 2.29. The van der Waals surface area contributed by atoms with E-state index in [9.17, 15) is 4.79 Å². The first kappa shape index (κ1) is 13.8. The average molecular weight is 303 g/mol. The van der Waals surface area contributed by atoms with Crippen molar-refractivity contribution in [3.05, 3.63) is 83.9 Å². The fraction of sp³-hybridized carbons (Fsp3) is 0.150. The quantitative estimate of drug-likeness (QED) is 0.741. The number of rotatable bonds is 2. The molecule has 0 saturated carbocycles. The molecule has 2 atom stereocenters. The van der Waals surface area contributed by atoms with Gasteiger partial charge in [-0.2, -0.15) is 0 Å². The van der Waals surface area contributed by atoms with Crippen LogP contribution in [0.3, 0.4) is 0 Å². The molecule has 0 spiro atoms. The summed E-state index contributed by atoms with van der Waals surface area (Å²) >= 11 is 0. The minimum atomic E-state index is -0.358. The number of cyclic esters (lactones) is 1. The summed E-state index contributed by atoms with van der Waals surface area (Å²) in [5, 5.41) is 5.26. The van der Waals surface area contributed by atoms with Crippen LogP contribution in [0.15, 0.2) is 72.8 Å². The van der Waals surface area contributed by atoms with Gasteiger partial charge in [0.2, 0.25) is 0 Å². The van der Waals surface area contributed by atoms with E-state index in [0.717, 1.165) is 22.9 Å². The van der Waals surface area contributed by atoms with Crippen LogP contribution < -0.4 is 5.32 Å². The highest BCUT2D eigenvalue weighted by Crippen LogP contribution is 2.34. The Morgan fingerprint density at radius 2 is 1.57 bits per heavy atom. The molecule has 3 aromatic carbocycles. The lowest BCUT2D eigenvalue weighted by Gasteiger charge is -2.30. The number of fused-ring (bicyclic) bond motifs is 1. The van der Waals surface area contributed by atoms with Crippen LogP contribution in [0.2, 0.25) is 0 Å². The molecule has 2 unspecified atom stereocenters. The lowest BCUT2D eigenvalue weighted by molar-refractivity contribution is 0.0582. The first-order valence-corrected chi connectivity index (χ1v) is 7.80. The van der Waals surface area contributed by atoms with Crippen LogP contribution in [0.1, 0.15) is 29.7 Å². The largest absolute Gasteiger partial charge is 0.441 e. The zero-order chi connectivity index (χ0) is 15.6. The van der Waals surface area contributed by atoms with E-state index in [2.05, 4.69) is 29.6 Å². The molecule has 0 bridgehead atoms. The van der Waals surface area contributed by atoms with E-state index >= 15 is 0 Å². The topological polar surface area (TPSA) is 38.3 Å². The van der Waals surface area contributed by atoms with Crippen molar-refractivity contribution < 1.29 is 9.53 Å². The smallest absolute Gasteiger partial charge is 0.408 e. The molecular formula is C20H17NO2. The summed E-state index contributed by atoms with van der Waals surface area (Å²) in [4.78, 5) is 12.0. The Morgan fingerprint density at radius 1 is 0.826 bits per heavy atom. The van der Waals surface area contributed by atoms with Crippen molar-refractivity contribution in [2.45, 2.75) is 18.6 Å². The third-order valence-corrected chi connectivity index (χ3v) is 4.34. The van der Waals surface area contributed by atoms with E-state index in [1.807, 2.05) is 48.5 Å². The van der Waals surface area contributed by atoms with E-state index in [1.54, 1.807) is 0 Å². The van der Waals surface area contributed by atoms with Gasteiger partial charge in [0.1, 0.15) is 6.10 Å². The Bertz CT molecular complexity index is 844. The minimum absolute atomic E-state index is 0.0195. The number of amides is 1. The molecule has 23 heavy (non-hydrogen) atoms. The molecular weight excluding hydrogens is 286 g/mol. The average Bonchev–Trinajstić information content (AvgIpc) is 2.61. The van der Waals surface area contributed by atoms with E-state index < -0.39 is 0 Å². The second-order valence-corrected chi connectivity index (χ2v) is 5.84. The molecule has 0 aromatic heterocycles. The van der Waals surface area contributed by atoms with Crippen molar-refractivity contribution >= 4 is 16.9 Å². The predicted molar refractivity (Wildman–Crippen MR) is 90.1 cm³/mol. The molecule has 4 rings (SSSR count). The lowest BCUT2D eigenvalue weighted by Crippen LogP contribution is -2.37. The SMILES string of the molecule is O=C1NC(c2ccccc2)CC(c2ccc3ccccc3c2)O1. The van der Waals surface area contributed by atoms with E-state index in [0.29, 0.717) is 0 Å². The maximum absolute atomic E-state index is 12.0. The van der Waals surface area contributed by atoms with Crippen LogP contribution in [0.5, 0.6) is 0 Å². The lowest BCUT2D eigenvalue weighted by atomic mass is 9.94. The third kappa shape index (κ3) is 2.78. The number of alkyl carbamates (subject to hydrolysis) is 1. The molecule has 3 nitrogen and oxygen atoms in total. The van der Waals surface area contributed by atoms with E-state index in [-0.39, 0.29) is 18.2 Å². The fourth-order valence-corrected chi connectivity index (χ4v) is 3.14. The Labute approximate surface area is 134 Å². The van der Waals surface area contributed by atoms with Crippen LogP contribution in [0.4, 0.5) is 4.79 Å². The summed E-state index contributed by atoms with van der Waals surface area (Å²) in [6.45, 7) is 0. The molecule has 1 heterocycles. The van der Waals surface area contributed by atoms with Crippen molar-refractivity contribution in [2.75, 3.05) is 0 Å². The highest BCUT2D eigenvalue weighted by atomic mass is 16.6.